The van der Waals surface area contributed by atoms with E-state index in [2.05, 4.69) is 48.6 Å². The van der Waals surface area contributed by atoms with Crippen molar-refractivity contribution in [1.82, 2.24) is 5.32 Å². The van der Waals surface area contributed by atoms with Crippen molar-refractivity contribution in [3.8, 4) is 0 Å². The van der Waals surface area contributed by atoms with Gasteiger partial charge in [-0.1, -0.05) is 12.1 Å². The summed E-state index contributed by atoms with van der Waals surface area (Å²) in [5, 5.41) is 3.49. The van der Waals surface area contributed by atoms with Gasteiger partial charge in [0.15, 0.2) is 0 Å². The van der Waals surface area contributed by atoms with Crippen LogP contribution in [0.15, 0.2) is 24.3 Å². The van der Waals surface area contributed by atoms with Gasteiger partial charge in [-0.2, -0.15) is 0 Å². The van der Waals surface area contributed by atoms with Crippen LogP contribution >= 0.6 is 0 Å². The van der Waals surface area contributed by atoms with E-state index in [9.17, 15) is 0 Å². The van der Waals surface area contributed by atoms with Gasteiger partial charge in [-0.3, -0.25) is 0 Å². The summed E-state index contributed by atoms with van der Waals surface area (Å²) in [6.07, 6.45) is 1.39. The normalized spacial score (nSPS) is 32.5. The van der Waals surface area contributed by atoms with Gasteiger partial charge in [-0.15, -0.1) is 0 Å². The monoisotopic (exact) mass is 202 g/mol. The molecule has 0 aromatic heterocycles. The molecule has 1 aromatic carbocycles. The Morgan fingerprint density at radius 2 is 2.00 bits per heavy atom. The van der Waals surface area contributed by atoms with Gasteiger partial charge in [0, 0.05) is 31.7 Å². The van der Waals surface area contributed by atoms with Crippen molar-refractivity contribution in [3.63, 3.8) is 0 Å². The number of benzene rings is 1. The Kier molecular flexibility index (Phi) is 1.84. The van der Waals surface area contributed by atoms with E-state index in [1.807, 2.05) is 0 Å². The van der Waals surface area contributed by atoms with E-state index in [1.54, 1.807) is 0 Å². The fourth-order valence-electron chi connectivity index (χ4n) is 2.88. The van der Waals surface area contributed by atoms with E-state index in [-0.39, 0.29) is 0 Å². The number of nitrogens with one attached hydrogen (secondary N) is 1. The Labute approximate surface area is 91.3 Å². The van der Waals surface area contributed by atoms with E-state index < -0.39 is 0 Å². The minimum Gasteiger partial charge on any atom is -0.378 e. The first-order valence-corrected chi connectivity index (χ1v) is 5.71. The molecule has 2 fully saturated rings. The van der Waals surface area contributed by atoms with Crippen LogP contribution in [-0.2, 0) is 5.41 Å². The predicted molar refractivity (Wildman–Crippen MR) is 63.4 cm³/mol. The molecule has 1 aromatic rings. The first kappa shape index (κ1) is 9.22. The van der Waals surface area contributed by atoms with Crippen LogP contribution in [0.1, 0.15) is 12.0 Å². The van der Waals surface area contributed by atoms with E-state index >= 15 is 0 Å². The van der Waals surface area contributed by atoms with Gasteiger partial charge in [0.1, 0.15) is 0 Å². The van der Waals surface area contributed by atoms with Gasteiger partial charge in [-0.05, 0) is 36.6 Å². The summed E-state index contributed by atoms with van der Waals surface area (Å²) in [4.78, 5) is 2.15. The fraction of sp³-hybridized carbons (Fsp3) is 0.538. The third kappa shape index (κ3) is 1.28. The molecule has 0 amide bonds. The van der Waals surface area contributed by atoms with Crippen LogP contribution in [0.3, 0.4) is 0 Å². The van der Waals surface area contributed by atoms with Crippen molar-refractivity contribution in [2.75, 3.05) is 32.1 Å². The molecule has 1 heterocycles. The minimum atomic E-state index is 0.505. The number of nitrogens with zero attached hydrogens (tertiary/aromatic N) is 1. The second kappa shape index (κ2) is 2.99. The number of piperidine rings is 1. The first-order chi connectivity index (χ1) is 7.22. The van der Waals surface area contributed by atoms with Crippen molar-refractivity contribution in [3.05, 3.63) is 29.8 Å². The van der Waals surface area contributed by atoms with Crippen LogP contribution in [-0.4, -0.2) is 27.2 Å². The maximum atomic E-state index is 3.49. The van der Waals surface area contributed by atoms with Crippen LogP contribution < -0.4 is 10.2 Å². The third-order valence-corrected chi connectivity index (χ3v) is 4.02. The molecule has 0 unspecified atom stereocenters. The molecule has 2 atom stereocenters. The lowest BCUT2D eigenvalue weighted by Crippen LogP contribution is -2.19. The number of rotatable bonds is 2. The molecular formula is C13H18N2. The Hall–Kier alpha value is -1.02. The molecule has 0 radical (unpaired) electrons. The molecule has 2 heteroatoms. The topological polar surface area (TPSA) is 15.3 Å². The summed E-state index contributed by atoms with van der Waals surface area (Å²) in [6, 6.07) is 9.08. The van der Waals surface area contributed by atoms with Gasteiger partial charge in [-0.25, -0.2) is 0 Å². The fourth-order valence-corrected chi connectivity index (χ4v) is 2.88. The molecule has 2 aliphatic rings. The van der Waals surface area contributed by atoms with Crippen LogP contribution in [0.4, 0.5) is 5.69 Å². The van der Waals surface area contributed by atoms with Crippen molar-refractivity contribution in [1.29, 1.82) is 0 Å². The molecule has 1 saturated carbocycles. The maximum Gasteiger partial charge on any atom is 0.0361 e. The Morgan fingerprint density at radius 3 is 2.47 bits per heavy atom. The lowest BCUT2D eigenvalue weighted by molar-refractivity contribution is 0.675. The number of anilines is 1. The smallest absolute Gasteiger partial charge is 0.0361 e. The highest BCUT2D eigenvalue weighted by molar-refractivity contribution is 5.49. The molecular weight excluding hydrogens is 184 g/mol. The average molecular weight is 202 g/mol. The Bertz CT molecular complexity index is 369. The highest BCUT2D eigenvalue weighted by atomic mass is 15.1. The van der Waals surface area contributed by atoms with Crippen LogP contribution in [0.5, 0.6) is 0 Å². The molecule has 0 spiro atoms. The highest BCUT2D eigenvalue weighted by Gasteiger charge is 2.57. The second-order valence-corrected chi connectivity index (χ2v) is 5.13. The minimum absolute atomic E-state index is 0.505. The van der Waals surface area contributed by atoms with Gasteiger partial charge in [0.05, 0.1) is 0 Å². The van der Waals surface area contributed by atoms with Gasteiger partial charge in [0.25, 0.3) is 0 Å². The van der Waals surface area contributed by atoms with Crippen LogP contribution in [0.25, 0.3) is 0 Å². The van der Waals surface area contributed by atoms with Crippen molar-refractivity contribution in [2.24, 2.45) is 5.92 Å². The van der Waals surface area contributed by atoms with E-state index in [1.165, 1.54) is 30.8 Å². The zero-order valence-electron chi connectivity index (χ0n) is 9.46. The number of hydrogen-bond acceptors (Lipinski definition) is 2. The highest BCUT2D eigenvalue weighted by Crippen LogP contribution is 2.56. The SMILES string of the molecule is CN(C)c1ccc([C@]23CNC[C@H]2C3)cc1. The standard InChI is InChI=1S/C13H18N2/c1-15(2)12-5-3-10(4-6-12)13-7-11(13)8-14-9-13/h3-6,11,14H,7-9H2,1-2H3/t11-,13+/m1/s1. The lowest BCUT2D eigenvalue weighted by atomic mass is 9.95. The zero-order chi connectivity index (χ0) is 10.5. The summed E-state index contributed by atoms with van der Waals surface area (Å²) in [5.41, 5.74) is 3.33. The number of fused-ring (bicyclic) bond motifs is 1. The molecule has 1 N–H and O–H groups in total. The van der Waals surface area contributed by atoms with Crippen LogP contribution in [0.2, 0.25) is 0 Å². The molecule has 3 rings (SSSR count). The molecule has 1 aliphatic carbocycles. The third-order valence-electron chi connectivity index (χ3n) is 4.02. The first-order valence-electron chi connectivity index (χ1n) is 5.71. The summed E-state index contributed by atoms with van der Waals surface area (Å²) in [7, 11) is 4.18. The largest absolute Gasteiger partial charge is 0.378 e. The maximum absolute atomic E-state index is 3.49. The summed E-state index contributed by atoms with van der Waals surface area (Å²) in [5.74, 6) is 0.905. The predicted octanol–water partition coefficient (Wildman–Crippen LogP) is 1.61. The second-order valence-electron chi connectivity index (χ2n) is 5.13. The Morgan fingerprint density at radius 1 is 1.27 bits per heavy atom. The van der Waals surface area contributed by atoms with Crippen LogP contribution in [0, 0.1) is 5.92 Å². The summed E-state index contributed by atoms with van der Waals surface area (Å²) in [6.45, 7) is 2.40. The average Bonchev–Trinajstić information content (AvgIpc) is 2.82. The van der Waals surface area contributed by atoms with E-state index in [0.717, 1.165) is 5.92 Å². The van der Waals surface area contributed by atoms with Gasteiger partial charge < -0.3 is 10.2 Å². The van der Waals surface area contributed by atoms with Gasteiger partial charge >= 0.3 is 0 Å². The Balaban J connectivity index is 1.88. The summed E-state index contributed by atoms with van der Waals surface area (Å²) >= 11 is 0. The quantitative estimate of drug-likeness (QED) is 0.784. The molecule has 0 bridgehead atoms. The molecule has 2 nitrogen and oxygen atoms in total. The van der Waals surface area contributed by atoms with Crippen molar-refractivity contribution in [2.45, 2.75) is 11.8 Å². The van der Waals surface area contributed by atoms with Crippen molar-refractivity contribution >= 4 is 5.69 Å². The van der Waals surface area contributed by atoms with Crippen molar-refractivity contribution < 1.29 is 0 Å². The zero-order valence-corrected chi connectivity index (χ0v) is 9.46. The van der Waals surface area contributed by atoms with Gasteiger partial charge in [0.2, 0.25) is 0 Å². The van der Waals surface area contributed by atoms with E-state index in [4.69, 9.17) is 0 Å². The lowest BCUT2D eigenvalue weighted by Gasteiger charge is -2.16. The molecule has 80 valence electrons. The molecule has 1 aliphatic heterocycles. The molecule has 1 saturated heterocycles. The van der Waals surface area contributed by atoms with E-state index in [0.29, 0.717) is 5.41 Å². The summed E-state index contributed by atoms with van der Waals surface area (Å²) < 4.78 is 0. The molecule has 15 heavy (non-hydrogen) atoms. The number of hydrogen-bond donors (Lipinski definition) is 1.